The minimum atomic E-state index is -3.54. The fourth-order valence-electron chi connectivity index (χ4n) is 1.02. The minimum Gasteiger partial charge on any atom is -0.469 e. The number of thiophene rings is 1. The van der Waals surface area contributed by atoms with E-state index in [0.29, 0.717) is 0 Å². The Kier molecular flexibility index (Phi) is 5.11. The van der Waals surface area contributed by atoms with Crippen LogP contribution in [0.3, 0.4) is 0 Å². The lowest BCUT2D eigenvalue weighted by Gasteiger charge is -2.03. The molecule has 1 aromatic heterocycles. The number of aryl methyl sites for hydroxylation is 1. The maximum Gasteiger partial charge on any atom is 0.306 e. The van der Waals surface area contributed by atoms with Gasteiger partial charge in [0.05, 0.1) is 17.3 Å². The van der Waals surface area contributed by atoms with Crippen molar-refractivity contribution in [1.82, 2.24) is 4.72 Å². The second-order valence-corrected chi connectivity index (χ2v) is 7.61. The number of carbonyl (C=O) groups excluding carboxylic acids is 1. The first-order chi connectivity index (χ1) is 7.86. The molecule has 1 aromatic rings. The fourth-order valence-corrected chi connectivity index (χ4v) is 4.33. The number of hydrogen-bond donors (Lipinski definition) is 1. The van der Waals surface area contributed by atoms with Gasteiger partial charge in [0.25, 0.3) is 0 Å². The van der Waals surface area contributed by atoms with Crippen LogP contribution in [0.4, 0.5) is 0 Å². The molecule has 0 radical (unpaired) electrons. The highest BCUT2D eigenvalue weighted by Gasteiger charge is 2.18. The third-order valence-corrected chi connectivity index (χ3v) is 6.02. The van der Waals surface area contributed by atoms with Gasteiger partial charge >= 0.3 is 5.97 Å². The molecular formula is C9H12BrNO4S2. The van der Waals surface area contributed by atoms with Gasteiger partial charge < -0.3 is 4.74 Å². The number of esters is 1. The zero-order valence-electron chi connectivity index (χ0n) is 9.32. The molecule has 17 heavy (non-hydrogen) atoms. The largest absolute Gasteiger partial charge is 0.469 e. The van der Waals surface area contributed by atoms with Gasteiger partial charge in [-0.3, -0.25) is 4.79 Å². The number of methoxy groups -OCH3 is 1. The highest BCUT2D eigenvalue weighted by Crippen LogP contribution is 2.30. The van der Waals surface area contributed by atoms with E-state index < -0.39 is 16.0 Å². The van der Waals surface area contributed by atoms with Crippen LogP contribution in [0.1, 0.15) is 12.0 Å². The molecule has 0 amide bonds. The van der Waals surface area contributed by atoms with E-state index >= 15 is 0 Å². The Hall–Kier alpha value is -0.440. The lowest BCUT2D eigenvalue weighted by atomic mass is 10.4. The summed E-state index contributed by atoms with van der Waals surface area (Å²) in [4.78, 5) is 10.8. The summed E-state index contributed by atoms with van der Waals surface area (Å²) < 4.78 is 31.4. The molecule has 96 valence electrons. The van der Waals surface area contributed by atoms with Crippen molar-refractivity contribution >= 4 is 43.3 Å². The summed E-state index contributed by atoms with van der Waals surface area (Å²) in [6.07, 6.45) is 0.0151. The highest BCUT2D eigenvalue weighted by atomic mass is 79.9. The van der Waals surface area contributed by atoms with Crippen molar-refractivity contribution < 1.29 is 17.9 Å². The van der Waals surface area contributed by atoms with E-state index in [2.05, 4.69) is 25.4 Å². The number of nitrogens with one attached hydrogen (secondary N) is 1. The number of sulfonamides is 1. The van der Waals surface area contributed by atoms with E-state index in [-0.39, 0.29) is 17.2 Å². The molecule has 0 unspecified atom stereocenters. The lowest BCUT2D eigenvalue weighted by Crippen LogP contribution is -2.25. The van der Waals surface area contributed by atoms with Crippen LogP contribution in [0, 0.1) is 6.92 Å². The average molecular weight is 342 g/mol. The first-order valence-corrected chi connectivity index (χ1v) is 7.78. The van der Waals surface area contributed by atoms with E-state index in [1.165, 1.54) is 7.11 Å². The molecule has 0 bridgehead atoms. The normalized spacial score (nSPS) is 11.5. The van der Waals surface area contributed by atoms with Crippen molar-refractivity contribution in [1.29, 1.82) is 0 Å². The lowest BCUT2D eigenvalue weighted by molar-refractivity contribution is -0.140. The summed E-state index contributed by atoms with van der Waals surface area (Å²) in [5.41, 5.74) is 0.864. The molecule has 0 saturated heterocycles. The number of halogens is 1. The fraction of sp³-hybridized carbons (Fsp3) is 0.444. The molecule has 0 aliphatic heterocycles. The van der Waals surface area contributed by atoms with E-state index in [9.17, 15) is 13.2 Å². The van der Waals surface area contributed by atoms with E-state index in [1.807, 2.05) is 6.92 Å². The van der Waals surface area contributed by atoms with Gasteiger partial charge in [-0.05, 0) is 34.5 Å². The molecule has 1 N–H and O–H groups in total. The van der Waals surface area contributed by atoms with Crippen molar-refractivity contribution in [3.05, 3.63) is 15.4 Å². The van der Waals surface area contributed by atoms with Gasteiger partial charge in [0, 0.05) is 6.54 Å². The number of hydrogen-bond acceptors (Lipinski definition) is 5. The molecular weight excluding hydrogens is 330 g/mol. The molecule has 1 heterocycles. The van der Waals surface area contributed by atoms with Gasteiger partial charge in [0.15, 0.2) is 0 Å². The molecule has 0 atom stereocenters. The van der Waals surface area contributed by atoms with E-state index in [4.69, 9.17) is 0 Å². The first-order valence-electron chi connectivity index (χ1n) is 4.69. The number of carbonyl (C=O) groups is 1. The molecule has 0 saturated carbocycles. The predicted molar refractivity (Wildman–Crippen MR) is 68.6 cm³/mol. The van der Waals surface area contributed by atoms with E-state index in [1.54, 1.807) is 6.07 Å². The molecule has 5 nitrogen and oxygen atoms in total. The maximum absolute atomic E-state index is 11.8. The van der Waals surface area contributed by atoms with Crippen molar-refractivity contribution in [2.75, 3.05) is 13.7 Å². The summed E-state index contributed by atoms with van der Waals surface area (Å²) >= 11 is 4.40. The molecule has 0 aromatic carbocycles. The molecule has 0 aliphatic carbocycles. The quantitative estimate of drug-likeness (QED) is 0.826. The molecule has 0 aliphatic rings. The van der Waals surface area contributed by atoms with Gasteiger partial charge in [0.1, 0.15) is 4.21 Å². The molecule has 1 rings (SSSR count). The molecule has 8 heteroatoms. The Labute approximate surface area is 112 Å². The Morgan fingerprint density at radius 1 is 1.59 bits per heavy atom. The predicted octanol–water partition coefficient (Wildman–Crippen LogP) is 1.66. The van der Waals surface area contributed by atoms with E-state index in [0.717, 1.165) is 20.7 Å². The smallest absolute Gasteiger partial charge is 0.306 e. The summed E-state index contributed by atoms with van der Waals surface area (Å²) in [5, 5.41) is 0. The van der Waals surface area contributed by atoms with Crippen molar-refractivity contribution in [2.45, 2.75) is 17.6 Å². The number of rotatable bonds is 5. The highest BCUT2D eigenvalue weighted by molar-refractivity contribution is 9.11. The average Bonchev–Trinajstić information content (AvgIpc) is 2.59. The van der Waals surface area contributed by atoms with Gasteiger partial charge in [0.2, 0.25) is 10.0 Å². The van der Waals surface area contributed by atoms with Gasteiger partial charge in [-0.25, -0.2) is 13.1 Å². The first kappa shape index (κ1) is 14.6. The standard InChI is InChI=1S/C9H12BrNO4S2/c1-6-5-8(16-9(6)10)17(13,14)11-4-3-7(12)15-2/h5,11H,3-4H2,1-2H3. The van der Waals surface area contributed by atoms with Gasteiger partial charge in [-0.15, -0.1) is 11.3 Å². The van der Waals surface area contributed by atoms with Crippen molar-refractivity contribution in [3.8, 4) is 0 Å². The second-order valence-electron chi connectivity index (χ2n) is 3.25. The SMILES string of the molecule is COC(=O)CCNS(=O)(=O)c1cc(C)c(Br)s1. The molecule has 0 spiro atoms. The summed E-state index contributed by atoms with van der Waals surface area (Å²) in [6.45, 7) is 1.84. The Bertz CT molecular complexity index is 490. The van der Waals surface area contributed by atoms with Crippen LogP contribution in [0.15, 0.2) is 14.1 Å². The van der Waals surface area contributed by atoms with Crippen LogP contribution in [0.2, 0.25) is 0 Å². The summed E-state index contributed by atoms with van der Waals surface area (Å²) in [5.74, 6) is -0.448. The van der Waals surface area contributed by atoms with Gasteiger partial charge in [-0.2, -0.15) is 0 Å². The topological polar surface area (TPSA) is 72.5 Å². The van der Waals surface area contributed by atoms with Crippen LogP contribution >= 0.6 is 27.3 Å². The van der Waals surface area contributed by atoms with Crippen molar-refractivity contribution in [3.63, 3.8) is 0 Å². The van der Waals surface area contributed by atoms with Crippen molar-refractivity contribution in [2.24, 2.45) is 0 Å². The van der Waals surface area contributed by atoms with Crippen LogP contribution < -0.4 is 4.72 Å². The molecule has 0 fully saturated rings. The zero-order chi connectivity index (χ0) is 13.1. The minimum absolute atomic E-state index is 0.0151. The maximum atomic E-state index is 11.8. The summed E-state index contributed by atoms with van der Waals surface area (Å²) in [7, 11) is -2.27. The Balaban J connectivity index is 2.66. The monoisotopic (exact) mass is 341 g/mol. The third-order valence-electron chi connectivity index (χ3n) is 1.95. The zero-order valence-corrected chi connectivity index (χ0v) is 12.5. The van der Waals surface area contributed by atoms with Crippen LogP contribution in [0.25, 0.3) is 0 Å². The van der Waals surface area contributed by atoms with Gasteiger partial charge in [-0.1, -0.05) is 0 Å². The Morgan fingerprint density at radius 3 is 2.71 bits per heavy atom. The summed E-state index contributed by atoms with van der Waals surface area (Å²) in [6, 6.07) is 1.58. The number of ether oxygens (including phenoxy) is 1. The van der Waals surface area contributed by atoms with Crippen LogP contribution in [-0.4, -0.2) is 28.0 Å². The third kappa shape index (κ3) is 4.06. The van der Waals surface area contributed by atoms with Crippen LogP contribution in [-0.2, 0) is 19.6 Å². The second kappa shape index (κ2) is 5.94. The Morgan fingerprint density at radius 2 is 2.24 bits per heavy atom. The van der Waals surface area contributed by atoms with Crippen LogP contribution in [0.5, 0.6) is 0 Å².